The molecule has 2 aromatic carbocycles. The molecule has 5 atom stereocenters. The Hall–Kier alpha value is -2.84. The van der Waals surface area contributed by atoms with Crippen LogP contribution in [0.3, 0.4) is 0 Å². The summed E-state index contributed by atoms with van der Waals surface area (Å²) in [5.74, 6) is 1.04. The Bertz CT molecular complexity index is 1190. The highest BCUT2D eigenvalue weighted by molar-refractivity contribution is 9.12. The Labute approximate surface area is 245 Å². The number of nitrogens with one attached hydrogen (secondary N) is 1. The molecule has 4 rings (SSSR count). The average molecular weight is 615 g/mol. The van der Waals surface area contributed by atoms with E-state index in [2.05, 4.69) is 48.9 Å². The fraction of sp³-hybridized carbons (Fsp3) is 0.500. The number of rotatable bonds is 11. The number of ether oxygens (including phenoxy) is 3. The zero-order valence-corrected chi connectivity index (χ0v) is 25.3. The summed E-state index contributed by atoms with van der Waals surface area (Å²) in [6.45, 7) is 8.70. The minimum Gasteiger partial charge on any atom is -0.508 e. The van der Waals surface area contributed by atoms with Gasteiger partial charge in [0.25, 0.3) is 0 Å². The number of phenolic OH excluding ortho intramolecular Hbond substituents is 1. The smallest absolute Gasteiger partial charge is 0.349 e. The number of carbonyl (C=O) groups excluding carboxylic acids is 2. The third kappa shape index (κ3) is 7.46. The zero-order valence-electron chi connectivity index (χ0n) is 23.7. The summed E-state index contributed by atoms with van der Waals surface area (Å²) in [6, 6.07) is 13.5. The van der Waals surface area contributed by atoms with Crippen molar-refractivity contribution in [2.24, 2.45) is 17.8 Å². The first kappa shape index (κ1) is 30.1. The fourth-order valence-electron chi connectivity index (χ4n) is 5.48. The van der Waals surface area contributed by atoms with Crippen LogP contribution in [0.4, 0.5) is 0 Å². The molecule has 2 aliphatic rings. The van der Waals surface area contributed by atoms with Gasteiger partial charge < -0.3 is 24.6 Å². The number of carbonyl (C=O) groups is 2. The molecule has 7 nitrogen and oxygen atoms in total. The standard InChI is InChI=1S/C32H40BrNO6/c1-5-6-7-26(30(36)38-24-15-11-22(12-16-24)21-9-13-23(35)14-10-21)34-29-28(33)31(37)40-32(29)39-27-18-20(4)8-17-25(27)19(2)3/h9-16,19-20,25-27,32,34-35H,5-8,17-18H2,1-4H3/t20?,25?,26-,27?,32-/m0/s1. The molecule has 0 bridgehead atoms. The maximum atomic E-state index is 13.4. The molecule has 0 aromatic heterocycles. The Morgan fingerprint density at radius 2 is 1.75 bits per heavy atom. The van der Waals surface area contributed by atoms with E-state index in [0.29, 0.717) is 35.6 Å². The summed E-state index contributed by atoms with van der Waals surface area (Å²) < 4.78 is 18.1. The van der Waals surface area contributed by atoms with Crippen LogP contribution in [-0.4, -0.2) is 35.5 Å². The van der Waals surface area contributed by atoms with E-state index in [-0.39, 0.29) is 16.3 Å². The van der Waals surface area contributed by atoms with Crippen molar-refractivity contribution in [3.63, 3.8) is 0 Å². The highest BCUT2D eigenvalue weighted by atomic mass is 79.9. The lowest BCUT2D eigenvalue weighted by Gasteiger charge is -2.38. The minimum atomic E-state index is -0.903. The highest BCUT2D eigenvalue weighted by Crippen LogP contribution is 2.38. The molecule has 0 saturated heterocycles. The van der Waals surface area contributed by atoms with E-state index in [1.54, 1.807) is 24.3 Å². The SMILES string of the molecule is CCCC[C@H](NC1=C(Br)C(=O)O[C@@H]1OC1CC(C)CCC1C(C)C)C(=O)Oc1ccc(-c2ccc(O)cc2)cc1. The van der Waals surface area contributed by atoms with Crippen LogP contribution in [-0.2, 0) is 19.1 Å². The summed E-state index contributed by atoms with van der Waals surface area (Å²) in [6.07, 6.45) is 4.44. The van der Waals surface area contributed by atoms with Gasteiger partial charge in [0.15, 0.2) is 0 Å². The number of aromatic hydroxyl groups is 1. The highest BCUT2D eigenvalue weighted by Gasteiger charge is 2.41. The van der Waals surface area contributed by atoms with Crippen LogP contribution in [0, 0.1) is 17.8 Å². The fourth-order valence-corrected chi connectivity index (χ4v) is 5.87. The van der Waals surface area contributed by atoms with E-state index in [1.165, 1.54) is 6.42 Å². The number of hydrogen-bond donors (Lipinski definition) is 2. The normalized spacial score (nSPS) is 23.7. The summed E-state index contributed by atoms with van der Waals surface area (Å²) in [4.78, 5) is 25.9. The van der Waals surface area contributed by atoms with Gasteiger partial charge in [0.1, 0.15) is 27.7 Å². The van der Waals surface area contributed by atoms with Crippen LogP contribution in [0.1, 0.15) is 66.2 Å². The number of unbranched alkanes of at least 4 members (excludes halogenated alkanes) is 1. The first-order valence-corrected chi connectivity index (χ1v) is 15.1. The summed E-state index contributed by atoms with van der Waals surface area (Å²) >= 11 is 3.37. The molecule has 0 radical (unpaired) electrons. The molecule has 8 heteroatoms. The Kier molecular flexibility index (Phi) is 10.3. The van der Waals surface area contributed by atoms with Gasteiger partial charge in [-0.2, -0.15) is 0 Å². The molecule has 2 aromatic rings. The van der Waals surface area contributed by atoms with E-state index in [0.717, 1.165) is 36.8 Å². The topological polar surface area (TPSA) is 94.1 Å². The lowest BCUT2D eigenvalue weighted by molar-refractivity contribution is -0.182. The minimum absolute atomic E-state index is 0.0371. The largest absolute Gasteiger partial charge is 0.508 e. The van der Waals surface area contributed by atoms with Crippen molar-refractivity contribution in [3.8, 4) is 22.6 Å². The third-order valence-electron chi connectivity index (χ3n) is 7.86. The number of benzene rings is 2. The van der Waals surface area contributed by atoms with Gasteiger partial charge in [-0.1, -0.05) is 71.2 Å². The Morgan fingerprint density at radius 3 is 2.38 bits per heavy atom. The van der Waals surface area contributed by atoms with E-state index < -0.39 is 24.3 Å². The first-order chi connectivity index (χ1) is 19.2. The number of hydrogen-bond acceptors (Lipinski definition) is 7. The van der Waals surface area contributed by atoms with Gasteiger partial charge in [-0.15, -0.1) is 0 Å². The first-order valence-electron chi connectivity index (χ1n) is 14.3. The van der Waals surface area contributed by atoms with Gasteiger partial charge in [-0.3, -0.25) is 0 Å². The van der Waals surface area contributed by atoms with Crippen molar-refractivity contribution in [3.05, 3.63) is 58.7 Å². The van der Waals surface area contributed by atoms with Crippen molar-refractivity contribution >= 4 is 27.9 Å². The Morgan fingerprint density at radius 1 is 1.10 bits per heavy atom. The van der Waals surface area contributed by atoms with Crippen molar-refractivity contribution < 1.29 is 28.9 Å². The van der Waals surface area contributed by atoms with Gasteiger partial charge in [0.2, 0.25) is 6.29 Å². The van der Waals surface area contributed by atoms with Gasteiger partial charge in [0.05, 0.1) is 6.10 Å². The molecule has 3 unspecified atom stereocenters. The summed E-state index contributed by atoms with van der Waals surface area (Å²) in [7, 11) is 0. The van der Waals surface area contributed by atoms with Gasteiger partial charge in [-0.05, 0) is 88.3 Å². The predicted octanol–water partition coefficient (Wildman–Crippen LogP) is 7.08. The zero-order chi connectivity index (χ0) is 28.8. The van der Waals surface area contributed by atoms with E-state index >= 15 is 0 Å². The van der Waals surface area contributed by atoms with Crippen molar-refractivity contribution in [1.82, 2.24) is 5.32 Å². The maximum absolute atomic E-state index is 13.4. The van der Waals surface area contributed by atoms with E-state index in [9.17, 15) is 14.7 Å². The lowest BCUT2D eigenvalue weighted by Crippen LogP contribution is -2.44. The predicted molar refractivity (Wildman–Crippen MR) is 158 cm³/mol. The van der Waals surface area contributed by atoms with Gasteiger partial charge in [0, 0.05) is 0 Å². The molecule has 1 aliphatic carbocycles. The Balaban J connectivity index is 1.47. The average Bonchev–Trinajstić information content (AvgIpc) is 3.18. The second-order valence-corrected chi connectivity index (χ2v) is 12.1. The molecule has 2 N–H and O–H groups in total. The molecule has 40 heavy (non-hydrogen) atoms. The number of cyclic esters (lactones) is 1. The third-order valence-corrected chi connectivity index (χ3v) is 8.61. The van der Waals surface area contributed by atoms with Crippen molar-refractivity contribution in [2.75, 3.05) is 0 Å². The molecule has 1 heterocycles. The van der Waals surface area contributed by atoms with Crippen LogP contribution < -0.4 is 10.1 Å². The monoisotopic (exact) mass is 613 g/mol. The summed E-state index contributed by atoms with van der Waals surface area (Å²) in [5.41, 5.74) is 2.32. The van der Waals surface area contributed by atoms with E-state index in [4.69, 9.17) is 14.2 Å². The quantitative estimate of drug-likeness (QED) is 0.206. The van der Waals surface area contributed by atoms with Crippen molar-refractivity contribution in [2.45, 2.75) is 84.7 Å². The summed E-state index contributed by atoms with van der Waals surface area (Å²) in [5, 5.41) is 12.8. The van der Waals surface area contributed by atoms with E-state index in [1.807, 2.05) is 24.3 Å². The van der Waals surface area contributed by atoms with Gasteiger partial charge >= 0.3 is 11.9 Å². The molecule has 216 valence electrons. The van der Waals surface area contributed by atoms with Crippen LogP contribution in [0.5, 0.6) is 11.5 Å². The van der Waals surface area contributed by atoms with Crippen molar-refractivity contribution in [1.29, 1.82) is 0 Å². The second kappa shape index (κ2) is 13.7. The van der Waals surface area contributed by atoms with Crippen LogP contribution in [0.2, 0.25) is 0 Å². The van der Waals surface area contributed by atoms with Crippen LogP contribution >= 0.6 is 15.9 Å². The van der Waals surface area contributed by atoms with Gasteiger partial charge in [-0.25, -0.2) is 9.59 Å². The number of phenols is 1. The number of halogens is 1. The maximum Gasteiger partial charge on any atom is 0.349 e. The number of esters is 2. The van der Waals surface area contributed by atoms with Crippen LogP contribution in [0.15, 0.2) is 58.7 Å². The molecular weight excluding hydrogens is 574 g/mol. The van der Waals surface area contributed by atoms with Crippen LogP contribution in [0.25, 0.3) is 11.1 Å². The lowest BCUT2D eigenvalue weighted by atomic mass is 9.75. The molecule has 1 fully saturated rings. The molecule has 1 saturated carbocycles. The molecular formula is C32H40BrNO6. The second-order valence-electron chi connectivity index (χ2n) is 11.3. The molecule has 0 amide bonds. The molecule has 0 spiro atoms. The molecule has 1 aliphatic heterocycles.